The molecule has 1 saturated carbocycles. The number of hydrogen-bond acceptors (Lipinski definition) is 6. The maximum absolute atomic E-state index is 13.7. The van der Waals surface area contributed by atoms with Crippen LogP contribution in [0.1, 0.15) is 82.8 Å². The van der Waals surface area contributed by atoms with Crippen LogP contribution in [0.25, 0.3) is 11.1 Å². The van der Waals surface area contributed by atoms with Gasteiger partial charge in [0.1, 0.15) is 11.4 Å². The summed E-state index contributed by atoms with van der Waals surface area (Å²) in [5, 5.41) is 0. The van der Waals surface area contributed by atoms with E-state index in [1.165, 1.54) is 0 Å². The molecule has 9 nitrogen and oxygen atoms in total. The highest BCUT2D eigenvalue weighted by Gasteiger charge is 2.49. The van der Waals surface area contributed by atoms with Crippen LogP contribution in [0.3, 0.4) is 0 Å². The number of nitrogens with zero attached hydrogens (tertiary/aromatic N) is 2. The fourth-order valence-corrected chi connectivity index (χ4v) is 7.04. The summed E-state index contributed by atoms with van der Waals surface area (Å²) in [5.41, 5.74) is 3.33. The zero-order valence-electron chi connectivity index (χ0n) is 25.6. The first-order chi connectivity index (χ1) is 21.2. The van der Waals surface area contributed by atoms with E-state index in [9.17, 15) is 18.0 Å². The van der Waals surface area contributed by atoms with Crippen LogP contribution in [0.15, 0.2) is 71.3 Å². The van der Waals surface area contributed by atoms with Crippen LogP contribution < -0.4 is 9.44 Å². The lowest BCUT2D eigenvalue weighted by atomic mass is 9.95. The summed E-state index contributed by atoms with van der Waals surface area (Å²) in [7, 11) is -4.21. The van der Waals surface area contributed by atoms with Gasteiger partial charge in [-0.2, -0.15) is 8.42 Å². The Kier molecular flexibility index (Phi) is 10.0. The van der Waals surface area contributed by atoms with Crippen molar-refractivity contribution in [3.8, 4) is 11.1 Å². The van der Waals surface area contributed by atoms with E-state index in [1.807, 2.05) is 48.2 Å². The molecule has 2 aromatic carbocycles. The van der Waals surface area contributed by atoms with Gasteiger partial charge in [-0.1, -0.05) is 80.8 Å². The van der Waals surface area contributed by atoms with Gasteiger partial charge in [0, 0.05) is 24.2 Å². The predicted molar refractivity (Wildman–Crippen MR) is 173 cm³/mol. The molecule has 2 aliphatic carbocycles. The van der Waals surface area contributed by atoms with Crippen LogP contribution in [0, 0.1) is 0 Å². The van der Waals surface area contributed by atoms with Crippen LogP contribution in [0.4, 0.5) is 5.69 Å². The number of carbonyl (C=O) groups is 2. The van der Waals surface area contributed by atoms with E-state index in [-0.39, 0.29) is 5.91 Å². The number of aliphatic imine (C=N–C) groups is 1. The third-order valence-corrected chi connectivity index (χ3v) is 9.34. The molecule has 2 amide bonds. The number of para-hydroxylation sites is 1. The molecule has 3 aliphatic rings. The normalized spacial score (nSPS) is 17.6. The number of allylic oxidation sites excluding steroid dienone is 2. The largest absolute Gasteiger partial charge is 0.377 e. The highest BCUT2D eigenvalue weighted by atomic mass is 32.2. The molecular weight excluding hydrogens is 576 g/mol. The molecule has 1 fully saturated rings. The Morgan fingerprint density at radius 3 is 2.59 bits per heavy atom. The highest BCUT2D eigenvalue weighted by molar-refractivity contribution is 7.91. The number of rotatable bonds is 13. The minimum atomic E-state index is -4.21. The first kappa shape index (κ1) is 31.7. The van der Waals surface area contributed by atoms with Gasteiger partial charge in [0.05, 0.1) is 18.8 Å². The van der Waals surface area contributed by atoms with Crippen molar-refractivity contribution < 1.29 is 22.7 Å². The van der Waals surface area contributed by atoms with Gasteiger partial charge in [-0.15, -0.1) is 0 Å². The van der Waals surface area contributed by atoms with Crippen molar-refractivity contribution in [3.05, 3.63) is 77.4 Å². The van der Waals surface area contributed by atoms with Crippen LogP contribution in [0.5, 0.6) is 0 Å². The summed E-state index contributed by atoms with van der Waals surface area (Å²) in [4.78, 5) is 33.2. The van der Waals surface area contributed by atoms with Gasteiger partial charge >= 0.3 is 10.2 Å². The topological polar surface area (TPSA) is 117 Å². The third kappa shape index (κ3) is 7.13. The second-order valence-corrected chi connectivity index (χ2v) is 13.0. The summed E-state index contributed by atoms with van der Waals surface area (Å²) in [6.45, 7) is 5.31. The quantitative estimate of drug-likeness (QED) is 0.278. The van der Waals surface area contributed by atoms with Gasteiger partial charge in [0.15, 0.2) is 0 Å². The first-order valence-electron chi connectivity index (χ1n) is 15.7. The second-order valence-electron chi connectivity index (χ2n) is 11.6. The number of hydrogen-bond donors (Lipinski definition) is 2. The number of anilines is 1. The molecule has 10 heteroatoms. The molecule has 0 bridgehead atoms. The van der Waals surface area contributed by atoms with E-state index in [4.69, 9.17) is 9.73 Å². The predicted octanol–water partition coefficient (Wildman–Crippen LogP) is 6.18. The van der Waals surface area contributed by atoms with Gasteiger partial charge in [-0.25, -0.2) is 4.72 Å². The van der Waals surface area contributed by atoms with E-state index >= 15 is 0 Å². The van der Waals surface area contributed by atoms with Crippen molar-refractivity contribution in [2.24, 2.45) is 4.99 Å². The van der Waals surface area contributed by atoms with Crippen LogP contribution >= 0.6 is 0 Å². The average Bonchev–Trinajstić information content (AvgIpc) is 3.60. The lowest BCUT2D eigenvalue weighted by molar-refractivity contribution is -0.131. The fourth-order valence-electron chi connectivity index (χ4n) is 6.16. The molecule has 234 valence electrons. The van der Waals surface area contributed by atoms with E-state index < -0.39 is 21.7 Å². The lowest BCUT2D eigenvalue weighted by Gasteiger charge is -2.23. The van der Waals surface area contributed by atoms with E-state index in [0.717, 1.165) is 73.9 Å². The van der Waals surface area contributed by atoms with Crippen LogP contribution in [-0.4, -0.2) is 43.1 Å². The molecule has 1 heterocycles. The Bertz CT molecular complexity index is 1590. The molecule has 0 radical (unpaired) electrons. The highest BCUT2D eigenvalue weighted by Crippen LogP contribution is 2.40. The minimum absolute atomic E-state index is 0.109. The fraction of sp³-hybridized carbons (Fsp3) is 0.441. The number of amides is 2. The summed E-state index contributed by atoms with van der Waals surface area (Å²) in [5.74, 6) is 0.318. The van der Waals surface area contributed by atoms with E-state index in [2.05, 4.69) is 16.4 Å². The van der Waals surface area contributed by atoms with Gasteiger partial charge in [0.2, 0.25) is 0 Å². The summed E-state index contributed by atoms with van der Waals surface area (Å²) < 4.78 is 36.5. The summed E-state index contributed by atoms with van der Waals surface area (Å²) in [6, 6.07) is 13.0. The van der Waals surface area contributed by atoms with Gasteiger partial charge in [-0.05, 0) is 61.8 Å². The van der Waals surface area contributed by atoms with Crippen molar-refractivity contribution in [1.82, 2.24) is 9.62 Å². The Hall–Kier alpha value is -3.76. The third-order valence-electron chi connectivity index (χ3n) is 8.40. The number of carbonyl (C=O) groups excluding carboxylic acids is 2. The molecule has 2 N–H and O–H groups in total. The van der Waals surface area contributed by atoms with Crippen molar-refractivity contribution in [2.45, 2.75) is 90.3 Å². The molecule has 44 heavy (non-hydrogen) atoms. The lowest BCUT2D eigenvalue weighted by Crippen LogP contribution is -2.40. The number of ether oxygens (including phenoxy) is 1. The summed E-state index contributed by atoms with van der Waals surface area (Å²) >= 11 is 0. The molecule has 1 aliphatic heterocycles. The molecule has 0 atom stereocenters. The molecule has 0 aromatic heterocycles. The average molecular weight is 619 g/mol. The molecule has 0 saturated heterocycles. The van der Waals surface area contributed by atoms with Gasteiger partial charge in [0.25, 0.3) is 11.8 Å². The van der Waals surface area contributed by atoms with Crippen molar-refractivity contribution in [2.75, 3.05) is 11.3 Å². The van der Waals surface area contributed by atoms with Gasteiger partial charge < -0.3 is 4.74 Å². The zero-order valence-corrected chi connectivity index (χ0v) is 26.4. The number of amidine groups is 1. The first-order valence-corrected chi connectivity index (χ1v) is 17.1. The maximum Gasteiger partial charge on any atom is 0.323 e. The van der Waals surface area contributed by atoms with Crippen molar-refractivity contribution >= 4 is 33.5 Å². The van der Waals surface area contributed by atoms with Crippen LogP contribution in [0.2, 0.25) is 0 Å². The minimum Gasteiger partial charge on any atom is -0.377 e. The van der Waals surface area contributed by atoms with E-state index in [1.54, 1.807) is 24.3 Å². The molecule has 5 rings (SSSR count). The zero-order chi connectivity index (χ0) is 31.2. The number of nitrogens with one attached hydrogen (secondary N) is 2. The maximum atomic E-state index is 13.7. The standard InChI is InChI=1S/C34H42N4O5S/c1-3-5-17-31-35-34(20-11-12-21-34)33(40)38(31)23-25-18-19-28(27(22-25)24-43-4-2)29-15-9-10-16-30(29)36-44(41,42)37-32(39)26-13-7-6-8-14-26/h7,9-10,13-16,18-19,22,36H,3-6,8,11-12,17,20-21,23-24H2,1-2H3,(H,37,39). The second kappa shape index (κ2) is 13.9. The molecule has 2 aromatic rings. The number of unbranched alkanes of at least 4 members (excludes halogenated alkanes) is 1. The smallest absolute Gasteiger partial charge is 0.323 e. The SMILES string of the molecule is CCCCC1=NC2(CCCC2)C(=O)N1Cc1ccc(-c2ccccc2NS(=O)(=O)NC(=O)C2=CCCC=C2)c(COCC)c1. The Balaban J connectivity index is 1.41. The number of benzene rings is 2. The van der Waals surface area contributed by atoms with E-state index in [0.29, 0.717) is 43.0 Å². The molecule has 0 unspecified atom stereocenters. The van der Waals surface area contributed by atoms with Gasteiger partial charge in [-0.3, -0.25) is 24.2 Å². The monoisotopic (exact) mass is 618 g/mol. The van der Waals surface area contributed by atoms with Crippen molar-refractivity contribution in [3.63, 3.8) is 0 Å². The molecule has 1 spiro atoms. The Morgan fingerprint density at radius 1 is 1.07 bits per heavy atom. The Morgan fingerprint density at radius 2 is 1.86 bits per heavy atom. The van der Waals surface area contributed by atoms with Crippen LogP contribution in [-0.2, 0) is 37.7 Å². The molecular formula is C34H42N4O5S. The Labute approximate surface area is 260 Å². The van der Waals surface area contributed by atoms with Crippen molar-refractivity contribution in [1.29, 1.82) is 0 Å². The summed E-state index contributed by atoms with van der Waals surface area (Å²) in [6.07, 6.45) is 13.2.